The zero-order valence-corrected chi connectivity index (χ0v) is 18.0. The van der Waals surface area contributed by atoms with E-state index in [2.05, 4.69) is 10.3 Å². The van der Waals surface area contributed by atoms with Gasteiger partial charge < -0.3 is 10.1 Å². The normalized spacial score (nSPS) is 11.0. The SMILES string of the molecule is CCOc1ccc(NC(=O)CSc2nc3sc(C)c(C)c3c(=O)n2CC)cc1. The van der Waals surface area contributed by atoms with E-state index in [1.54, 1.807) is 16.7 Å². The summed E-state index contributed by atoms with van der Waals surface area (Å²) in [5, 5.41) is 4.12. The molecule has 148 valence electrons. The molecular formula is C20H23N3O3S2. The van der Waals surface area contributed by atoms with Crippen LogP contribution in [-0.2, 0) is 11.3 Å². The van der Waals surface area contributed by atoms with Gasteiger partial charge in [-0.15, -0.1) is 11.3 Å². The van der Waals surface area contributed by atoms with Crippen LogP contribution >= 0.6 is 23.1 Å². The standard InChI is InChI=1S/C20H23N3O3S2/c1-5-23-19(25)17-12(3)13(4)28-18(17)22-20(23)27-11-16(24)21-14-7-9-15(10-8-14)26-6-2/h7-10H,5-6,11H2,1-4H3,(H,21,24). The first kappa shape index (κ1) is 20.4. The van der Waals surface area contributed by atoms with Crippen molar-refractivity contribution >= 4 is 44.9 Å². The van der Waals surface area contributed by atoms with Crippen LogP contribution in [0.4, 0.5) is 5.69 Å². The molecule has 2 heterocycles. The summed E-state index contributed by atoms with van der Waals surface area (Å²) < 4.78 is 7.03. The van der Waals surface area contributed by atoms with Gasteiger partial charge in [-0.25, -0.2) is 4.98 Å². The second-order valence-electron chi connectivity index (χ2n) is 6.20. The summed E-state index contributed by atoms with van der Waals surface area (Å²) in [6.07, 6.45) is 0. The molecule has 0 radical (unpaired) electrons. The molecule has 2 aromatic heterocycles. The highest BCUT2D eigenvalue weighted by Gasteiger charge is 2.17. The lowest BCUT2D eigenvalue weighted by atomic mass is 10.2. The van der Waals surface area contributed by atoms with Gasteiger partial charge in [-0.2, -0.15) is 0 Å². The topological polar surface area (TPSA) is 73.2 Å². The molecule has 0 atom stereocenters. The summed E-state index contributed by atoms with van der Waals surface area (Å²) in [7, 11) is 0. The van der Waals surface area contributed by atoms with Gasteiger partial charge in [0.1, 0.15) is 10.6 Å². The van der Waals surface area contributed by atoms with Crippen molar-refractivity contribution in [3.8, 4) is 5.75 Å². The van der Waals surface area contributed by atoms with Crippen molar-refractivity contribution in [2.75, 3.05) is 17.7 Å². The number of rotatable bonds is 7. The lowest BCUT2D eigenvalue weighted by Gasteiger charge is -2.10. The van der Waals surface area contributed by atoms with Crippen molar-refractivity contribution in [2.45, 2.75) is 39.4 Å². The Morgan fingerprint density at radius 1 is 1.25 bits per heavy atom. The Morgan fingerprint density at radius 2 is 1.96 bits per heavy atom. The monoisotopic (exact) mass is 417 g/mol. The first-order valence-electron chi connectivity index (χ1n) is 9.10. The van der Waals surface area contributed by atoms with E-state index in [0.717, 1.165) is 21.0 Å². The second kappa shape index (κ2) is 8.79. The van der Waals surface area contributed by atoms with Crippen LogP contribution in [0.5, 0.6) is 5.75 Å². The third kappa shape index (κ3) is 4.23. The number of ether oxygens (including phenoxy) is 1. The van der Waals surface area contributed by atoms with E-state index >= 15 is 0 Å². The second-order valence-corrected chi connectivity index (χ2v) is 8.35. The number of carbonyl (C=O) groups excluding carboxylic acids is 1. The van der Waals surface area contributed by atoms with Crippen LogP contribution < -0.4 is 15.6 Å². The van der Waals surface area contributed by atoms with E-state index in [0.29, 0.717) is 29.4 Å². The van der Waals surface area contributed by atoms with Gasteiger partial charge in [0, 0.05) is 17.1 Å². The Morgan fingerprint density at radius 3 is 2.61 bits per heavy atom. The molecule has 0 spiro atoms. The minimum Gasteiger partial charge on any atom is -0.494 e. The number of anilines is 1. The largest absolute Gasteiger partial charge is 0.494 e. The molecule has 0 aliphatic rings. The third-order valence-corrected chi connectivity index (χ3v) is 6.43. The fourth-order valence-electron chi connectivity index (χ4n) is 2.83. The predicted octanol–water partition coefficient (Wildman–Crippen LogP) is 4.22. The maximum absolute atomic E-state index is 12.8. The number of nitrogens with one attached hydrogen (secondary N) is 1. The molecule has 6 nitrogen and oxygen atoms in total. The molecule has 1 amide bonds. The molecule has 0 aliphatic carbocycles. The van der Waals surface area contributed by atoms with E-state index in [9.17, 15) is 9.59 Å². The highest BCUT2D eigenvalue weighted by molar-refractivity contribution is 7.99. The molecular weight excluding hydrogens is 394 g/mol. The van der Waals surface area contributed by atoms with Crippen molar-refractivity contribution in [2.24, 2.45) is 0 Å². The smallest absolute Gasteiger partial charge is 0.263 e. The van der Waals surface area contributed by atoms with Gasteiger partial charge in [-0.05, 0) is 57.5 Å². The van der Waals surface area contributed by atoms with Gasteiger partial charge in [0.25, 0.3) is 5.56 Å². The van der Waals surface area contributed by atoms with Crippen molar-refractivity contribution in [3.05, 3.63) is 45.1 Å². The number of benzene rings is 1. The molecule has 0 unspecified atom stereocenters. The predicted molar refractivity (Wildman–Crippen MR) is 116 cm³/mol. The number of hydrogen-bond acceptors (Lipinski definition) is 6. The average molecular weight is 418 g/mol. The number of carbonyl (C=O) groups is 1. The van der Waals surface area contributed by atoms with Crippen LogP contribution in [0.3, 0.4) is 0 Å². The summed E-state index contributed by atoms with van der Waals surface area (Å²) >= 11 is 2.79. The minimum absolute atomic E-state index is 0.0382. The lowest BCUT2D eigenvalue weighted by Crippen LogP contribution is -2.23. The van der Waals surface area contributed by atoms with E-state index in [4.69, 9.17) is 4.74 Å². The minimum atomic E-state index is -0.148. The first-order valence-corrected chi connectivity index (χ1v) is 10.9. The molecule has 0 aliphatic heterocycles. The van der Waals surface area contributed by atoms with Crippen molar-refractivity contribution in [3.63, 3.8) is 0 Å². The van der Waals surface area contributed by atoms with Crippen LogP contribution in [0.25, 0.3) is 10.2 Å². The summed E-state index contributed by atoms with van der Waals surface area (Å²) in [6.45, 7) is 8.89. The van der Waals surface area contributed by atoms with Crippen LogP contribution in [0.2, 0.25) is 0 Å². The number of fused-ring (bicyclic) bond motifs is 1. The number of aryl methyl sites for hydroxylation is 2. The van der Waals surface area contributed by atoms with E-state index in [1.807, 2.05) is 39.8 Å². The van der Waals surface area contributed by atoms with E-state index in [1.165, 1.54) is 23.1 Å². The molecule has 28 heavy (non-hydrogen) atoms. The number of aromatic nitrogens is 2. The molecule has 3 rings (SSSR count). The van der Waals surface area contributed by atoms with Crippen molar-refractivity contribution in [1.29, 1.82) is 0 Å². The van der Waals surface area contributed by atoms with E-state index in [-0.39, 0.29) is 17.2 Å². The number of thioether (sulfide) groups is 1. The van der Waals surface area contributed by atoms with Gasteiger partial charge in [0.05, 0.1) is 17.7 Å². The van der Waals surface area contributed by atoms with Crippen LogP contribution in [0.15, 0.2) is 34.2 Å². The van der Waals surface area contributed by atoms with Gasteiger partial charge in [-0.3, -0.25) is 14.2 Å². The third-order valence-electron chi connectivity index (χ3n) is 4.35. The van der Waals surface area contributed by atoms with Gasteiger partial charge in [0.15, 0.2) is 5.16 Å². The summed E-state index contributed by atoms with van der Waals surface area (Å²) in [4.78, 5) is 31.6. The molecule has 1 N–H and O–H groups in total. The Labute approximate surface area is 171 Å². The Kier molecular flexibility index (Phi) is 6.41. The summed E-state index contributed by atoms with van der Waals surface area (Å²) in [5.74, 6) is 0.791. The van der Waals surface area contributed by atoms with Gasteiger partial charge in [-0.1, -0.05) is 11.8 Å². The number of nitrogens with zero attached hydrogens (tertiary/aromatic N) is 2. The summed E-state index contributed by atoms with van der Waals surface area (Å²) in [5.41, 5.74) is 1.66. The van der Waals surface area contributed by atoms with Crippen molar-refractivity contribution < 1.29 is 9.53 Å². The van der Waals surface area contributed by atoms with Crippen LogP contribution in [0, 0.1) is 13.8 Å². The van der Waals surface area contributed by atoms with Crippen molar-refractivity contribution in [1.82, 2.24) is 9.55 Å². The number of amides is 1. The maximum Gasteiger partial charge on any atom is 0.263 e. The quantitative estimate of drug-likeness (QED) is 0.460. The number of hydrogen-bond donors (Lipinski definition) is 1. The van der Waals surface area contributed by atoms with Gasteiger partial charge in [0.2, 0.25) is 5.91 Å². The molecule has 0 bridgehead atoms. The lowest BCUT2D eigenvalue weighted by molar-refractivity contribution is -0.113. The average Bonchev–Trinajstić information content (AvgIpc) is 2.96. The summed E-state index contributed by atoms with van der Waals surface area (Å²) in [6, 6.07) is 7.24. The Hall–Kier alpha value is -2.32. The Balaban J connectivity index is 1.74. The molecule has 3 aromatic rings. The fourth-order valence-corrected chi connectivity index (χ4v) is 4.76. The fraction of sp³-hybridized carbons (Fsp3) is 0.350. The van der Waals surface area contributed by atoms with Crippen LogP contribution in [0.1, 0.15) is 24.3 Å². The molecule has 0 saturated carbocycles. The first-order chi connectivity index (χ1) is 13.4. The Bertz CT molecular complexity index is 1060. The van der Waals surface area contributed by atoms with E-state index < -0.39 is 0 Å². The van der Waals surface area contributed by atoms with Crippen LogP contribution in [-0.4, -0.2) is 27.8 Å². The zero-order chi connectivity index (χ0) is 20.3. The molecule has 0 saturated heterocycles. The molecule has 1 aromatic carbocycles. The molecule has 8 heteroatoms. The highest BCUT2D eigenvalue weighted by atomic mass is 32.2. The highest BCUT2D eigenvalue weighted by Crippen LogP contribution is 2.28. The zero-order valence-electron chi connectivity index (χ0n) is 16.4. The van der Waals surface area contributed by atoms with Gasteiger partial charge >= 0.3 is 0 Å². The molecule has 0 fully saturated rings. The maximum atomic E-state index is 12.8. The number of thiophene rings is 1.